The Morgan fingerprint density at radius 1 is 1.13 bits per heavy atom. The van der Waals surface area contributed by atoms with Crippen LogP contribution in [0.15, 0.2) is 59.6 Å². The highest BCUT2D eigenvalue weighted by Crippen LogP contribution is 2.38. The molecule has 0 spiro atoms. The molecular formula is C20H21N4O5PS. The first kappa shape index (κ1) is 22.6. The molecule has 0 fully saturated rings. The maximum atomic E-state index is 12.7. The van der Waals surface area contributed by atoms with Gasteiger partial charge in [-0.1, -0.05) is 29.8 Å². The van der Waals surface area contributed by atoms with Gasteiger partial charge in [-0.25, -0.2) is 18.4 Å². The largest absolute Gasteiger partial charge is 0.382 e. The fourth-order valence-corrected chi connectivity index (χ4v) is 6.42. The number of nitrogens with two attached hydrogens (primary N) is 1. The molecule has 0 saturated heterocycles. The third-order valence-electron chi connectivity index (χ3n) is 4.24. The van der Waals surface area contributed by atoms with E-state index in [0.717, 1.165) is 17.8 Å². The molecule has 9 nitrogen and oxygen atoms in total. The summed E-state index contributed by atoms with van der Waals surface area (Å²) < 4.78 is 35.8. The summed E-state index contributed by atoms with van der Waals surface area (Å²) in [5, 5.41) is 2.59. The van der Waals surface area contributed by atoms with Crippen LogP contribution in [0, 0.1) is 6.92 Å². The van der Waals surface area contributed by atoms with Crippen LogP contribution >= 0.6 is 7.37 Å². The molecule has 3 rings (SSSR count). The standard InChI is InChI=1S/C20H21N4O5PS/c1-13-3-5-14(6-4-13)17-11-22-19(21)18(24-17)20(25)23-15-7-9-16(10-8-15)31(28,29)12-30(2,26)27/h3-11H,12H2,1-2H3,(H2,21,22)(H,23,25)(H,26,27). The molecule has 11 heteroatoms. The fraction of sp³-hybridized carbons (Fsp3) is 0.150. The monoisotopic (exact) mass is 460 g/mol. The second-order valence-electron chi connectivity index (χ2n) is 7.13. The number of nitrogens with zero attached hydrogens (tertiary/aromatic N) is 2. The van der Waals surface area contributed by atoms with Crippen molar-refractivity contribution in [2.45, 2.75) is 11.8 Å². The fourth-order valence-electron chi connectivity index (χ4n) is 2.75. The first-order valence-corrected chi connectivity index (χ1v) is 13.0. The lowest BCUT2D eigenvalue weighted by atomic mass is 10.1. The van der Waals surface area contributed by atoms with Crippen molar-refractivity contribution in [1.29, 1.82) is 0 Å². The number of nitrogen functional groups attached to an aromatic ring is 1. The molecule has 0 saturated carbocycles. The van der Waals surface area contributed by atoms with E-state index in [1.807, 2.05) is 31.2 Å². The average Bonchev–Trinajstić information content (AvgIpc) is 2.67. The number of hydrogen-bond donors (Lipinski definition) is 3. The Bertz CT molecular complexity index is 1270. The smallest absolute Gasteiger partial charge is 0.278 e. The number of amides is 1. The topological polar surface area (TPSA) is 152 Å². The third kappa shape index (κ3) is 5.75. The highest BCUT2D eigenvalue weighted by molar-refractivity contribution is 7.98. The number of anilines is 2. The first-order chi connectivity index (χ1) is 14.4. The minimum absolute atomic E-state index is 0.0470. The van der Waals surface area contributed by atoms with Gasteiger partial charge in [0.05, 0.1) is 16.8 Å². The van der Waals surface area contributed by atoms with E-state index in [-0.39, 0.29) is 16.4 Å². The minimum Gasteiger partial charge on any atom is -0.382 e. The van der Waals surface area contributed by atoms with Gasteiger partial charge in [0.25, 0.3) is 5.91 Å². The normalized spacial score (nSPS) is 13.4. The van der Waals surface area contributed by atoms with E-state index in [2.05, 4.69) is 15.3 Å². The summed E-state index contributed by atoms with van der Waals surface area (Å²) in [5.74, 6) is -0.655. The first-order valence-electron chi connectivity index (χ1n) is 9.08. The Hall–Kier alpha value is -3.07. The quantitative estimate of drug-likeness (QED) is 0.475. The van der Waals surface area contributed by atoms with Crippen LogP contribution in [-0.2, 0) is 14.4 Å². The number of benzene rings is 2. The summed E-state index contributed by atoms with van der Waals surface area (Å²) in [6.07, 6.45) is 1.48. The zero-order chi connectivity index (χ0) is 22.8. The van der Waals surface area contributed by atoms with Crippen LogP contribution in [0.3, 0.4) is 0 Å². The molecule has 1 heterocycles. The van der Waals surface area contributed by atoms with E-state index < -0.39 is 28.6 Å². The Labute approximate surface area is 179 Å². The van der Waals surface area contributed by atoms with Gasteiger partial charge >= 0.3 is 0 Å². The number of hydrogen-bond acceptors (Lipinski definition) is 7. The van der Waals surface area contributed by atoms with Crippen LogP contribution in [-0.4, -0.2) is 41.3 Å². The summed E-state index contributed by atoms with van der Waals surface area (Å²) in [6, 6.07) is 12.8. The number of rotatable bonds is 6. The van der Waals surface area contributed by atoms with Crippen molar-refractivity contribution in [1.82, 2.24) is 9.97 Å². The molecule has 4 N–H and O–H groups in total. The summed E-state index contributed by atoms with van der Waals surface area (Å²) in [4.78, 5) is 30.2. The van der Waals surface area contributed by atoms with Crippen molar-refractivity contribution in [3.8, 4) is 11.3 Å². The SMILES string of the molecule is Cc1ccc(-c2cnc(N)c(C(=O)Nc3ccc(S(=O)(=O)CP(C)(=O)O)cc3)n2)cc1. The van der Waals surface area contributed by atoms with Crippen LogP contribution in [0.5, 0.6) is 0 Å². The summed E-state index contributed by atoms with van der Waals surface area (Å²) in [7, 11) is -7.68. The van der Waals surface area contributed by atoms with Crippen molar-refractivity contribution in [2.75, 3.05) is 23.2 Å². The van der Waals surface area contributed by atoms with Gasteiger partial charge in [-0.15, -0.1) is 0 Å². The molecule has 0 aliphatic carbocycles. The predicted molar refractivity (Wildman–Crippen MR) is 119 cm³/mol. The number of sulfone groups is 1. The Kier molecular flexibility index (Phi) is 6.26. The summed E-state index contributed by atoms with van der Waals surface area (Å²) in [5.41, 5.74) is 7.53. The molecule has 2 aromatic carbocycles. The van der Waals surface area contributed by atoms with E-state index in [9.17, 15) is 22.7 Å². The lowest BCUT2D eigenvalue weighted by Crippen LogP contribution is -2.17. The van der Waals surface area contributed by atoms with Gasteiger partial charge in [-0.2, -0.15) is 0 Å². The number of carbonyl (C=O) groups excluding carboxylic acids is 1. The predicted octanol–water partition coefficient (Wildman–Crippen LogP) is 2.92. The molecule has 0 bridgehead atoms. The Morgan fingerprint density at radius 3 is 2.32 bits per heavy atom. The molecule has 162 valence electrons. The molecule has 1 aromatic heterocycles. The van der Waals surface area contributed by atoms with Crippen LogP contribution in [0.25, 0.3) is 11.3 Å². The van der Waals surface area contributed by atoms with Crippen LogP contribution in [0.1, 0.15) is 16.1 Å². The van der Waals surface area contributed by atoms with Crippen molar-refractivity contribution in [3.05, 3.63) is 66.0 Å². The van der Waals surface area contributed by atoms with E-state index >= 15 is 0 Å². The molecule has 1 amide bonds. The Balaban J connectivity index is 1.81. The van der Waals surface area contributed by atoms with Gasteiger partial charge in [-0.3, -0.25) is 9.36 Å². The van der Waals surface area contributed by atoms with Crippen LogP contribution in [0.2, 0.25) is 0 Å². The summed E-state index contributed by atoms with van der Waals surface area (Å²) in [6.45, 7) is 2.94. The van der Waals surface area contributed by atoms with E-state index in [1.54, 1.807) is 0 Å². The van der Waals surface area contributed by atoms with Crippen LogP contribution in [0.4, 0.5) is 11.5 Å². The van der Waals surface area contributed by atoms with Gasteiger partial charge in [0.15, 0.2) is 21.3 Å². The maximum absolute atomic E-state index is 12.7. The van der Waals surface area contributed by atoms with Gasteiger partial charge in [0.2, 0.25) is 7.37 Å². The molecule has 1 unspecified atom stereocenters. The number of aryl methyl sites for hydroxylation is 1. The van der Waals surface area contributed by atoms with Crippen molar-refractivity contribution in [2.24, 2.45) is 0 Å². The minimum atomic E-state index is -3.93. The van der Waals surface area contributed by atoms with Crippen molar-refractivity contribution in [3.63, 3.8) is 0 Å². The molecule has 0 radical (unpaired) electrons. The zero-order valence-corrected chi connectivity index (χ0v) is 18.5. The lowest BCUT2D eigenvalue weighted by molar-refractivity contribution is 0.102. The molecule has 0 aliphatic rings. The highest BCUT2D eigenvalue weighted by atomic mass is 32.2. The van der Waals surface area contributed by atoms with Gasteiger partial charge in [-0.05, 0) is 31.2 Å². The molecule has 0 aliphatic heterocycles. The van der Waals surface area contributed by atoms with Crippen molar-refractivity contribution >= 4 is 34.6 Å². The van der Waals surface area contributed by atoms with E-state index in [0.29, 0.717) is 11.4 Å². The second-order valence-corrected chi connectivity index (χ2v) is 12.0. The van der Waals surface area contributed by atoms with Gasteiger partial charge in [0.1, 0.15) is 5.49 Å². The Morgan fingerprint density at radius 2 is 1.74 bits per heavy atom. The van der Waals surface area contributed by atoms with E-state index in [4.69, 9.17) is 5.73 Å². The van der Waals surface area contributed by atoms with Crippen molar-refractivity contribution < 1.29 is 22.7 Å². The lowest BCUT2D eigenvalue weighted by Gasteiger charge is -2.10. The molecule has 31 heavy (non-hydrogen) atoms. The summed E-state index contributed by atoms with van der Waals surface area (Å²) >= 11 is 0. The average molecular weight is 460 g/mol. The molecule has 3 aromatic rings. The number of nitrogens with one attached hydrogen (secondary N) is 1. The van der Waals surface area contributed by atoms with Gasteiger partial charge in [0, 0.05) is 17.9 Å². The molecular weight excluding hydrogens is 439 g/mol. The zero-order valence-electron chi connectivity index (χ0n) is 16.8. The highest BCUT2D eigenvalue weighted by Gasteiger charge is 2.24. The third-order valence-corrected chi connectivity index (χ3v) is 8.51. The maximum Gasteiger partial charge on any atom is 0.278 e. The van der Waals surface area contributed by atoms with Gasteiger partial charge < -0.3 is 15.9 Å². The molecule has 1 atom stereocenters. The number of aromatic nitrogens is 2. The van der Waals surface area contributed by atoms with E-state index in [1.165, 1.54) is 30.5 Å². The second kappa shape index (κ2) is 8.58. The number of carbonyl (C=O) groups is 1. The van der Waals surface area contributed by atoms with Crippen LogP contribution < -0.4 is 11.1 Å².